The van der Waals surface area contributed by atoms with E-state index in [4.69, 9.17) is 0 Å². The number of aliphatic imine (C=N–C) groups is 1. The average molecular weight is 254 g/mol. The highest BCUT2D eigenvalue weighted by molar-refractivity contribution is 5.79. The van der Waals surface area contributed by atoms with Gasteiger partial charge in [0.15, 0.2) is 5.96 Å². The van der Waals surface area contributed by atoms with Crippen LogP contribution in [0.25, 0.3) is 0 Å². The van der Waals surface area contributed by atoms with E-state index in [1.165, 1.54) is 25.7 Å². The Kier molecular flexibility index (Phi) is 7.81. The minimum atomic E-state index is 0.858. The Morgan fingerprint density at radius 2 is 2.00 bits per heavy atom. The molecule has 2 N–H and O–H groups in total. The number of guanidine groups is 1. The zero-order valence-electron chi connectivity index (χ0n) is 12.3. The van der Waals surface area contributed by atoms with Crippen molar-refractivity contribution >= 4 is 5.96 Å². The van der Waals surface area contributed by atoms with E-state index in [9.17, 15) is 0 Å². The quantitative estimate of drug-likeness (QED) is 0.375. The van der Waals surface area contributed by atoms with Crippen molar-refractivity contribution in [2.45, 2.75) is 52.5 Å². The van der Waals surface area contributed by atoms with Crippen LogP contribution in [0.3, 0.4) is 0 Å². The maximum absolute atomic E-state index is 4.56. The molecule has 0 bridgehead atoms. The Balaban J connectivity index is 2.20. The first kappa shape index (κ1) is 15.3. The van der Waals surface area contributed by atoms with Gasteiger partial charge in [0.25, 0.3) is 0 Å². The number of hydrogen-bond acceptors (Lipinski definition) is 2. The van der Waals surface area contributed by atoms with Gasteiger partial charge < -0.3 is 10.6 Å². The van der Waals surface area contributed by atoms with Gasteiger partial charge in [0, 0.05) is 32.2 Å². The van der Waals surface area contributed by atoms with E-state index < -0.39 is 0 Å². The van der Waals surface area contributed by atoms with E-state index in [1.807, 2.05) is 0 Å². The molecule has 0 spiro atoms. The van der Waals surface area contributed by atoms with Gasteiger partial charge in [-0.15, -0.1) is 0 Å². The number of hydrogen-bond donors (Lipinski definition) is 2. The molecule has 4 nitrogen and oxygen atoms in total. The van der Waals surface area contributed by atoms with Crippen LogP contribution in [0, 0.1) is 0 Å². The summed E-state index contributed by atoms with van der Waals surface area (Å²) in [5, 5.41) is 6.72. The van der Waals surface area contributed by atoms with Gasteiger partial charge >= 0.3 is 0 Å². The third kappa shape index (κ3) is 6.24. The van der Waals surface area contributed by atoms with Crippen LogP contribution in [-0.4, -0.2) is 49.6 Å². The summed E-state index contributed by atoms with van der Waals surface area (Å²) < 4.78 is 0. The molecule has 1 fully saturated rings. The molecule has 18 heavy (non-hydrogen) atoms. The Morgan fingerprint density at radius 3 is 2.56 bits per heavy atom. The van der Waals surface area contributed by atoms with Gasteiger partial charge in [0.2, 0.25) is 0 Å². The standard InChI is InChI=1S/C14H30N4/c1-4-7-10-16-14(15-5-2)17-11-12-18(6-3)13-8-9-13/h13H,4-12H2,1-3H3,(H2,15,16,17). The van der Waals surface area contributed by atoms with Crippen LogP contribution in [0.15, 0.2) is 4.99 Å². The van der Waals surface area contributed by atoms with Gasteiger partial charge in [-0.1, -0.05) is 20.3 Å². The van der Waals surface area contributed by atoms with Gasteiger partial charge in [-0.25, -0.2) is 0 Å². The first-order valence-electron chi connectivity index (χ1n) is 7.58. The molecule has 0 aromatic rings. The molecule has 1 saturated carbocycles. The van der Waals surface area contributed by atoms with Crippen molar-refractivity contribution in [3.8, 4) is 0 Å². The van der Waals surface area contributed by atoms with E-state index in [1.54, 1.807) is 0 Å². The first-order chi connectivity index (χ1) is 8.81. The third-order valence-corrected chi connectivity index (χ3v) is 3.29. The number of rotatable bonds is 9. The minimum Gasteiger partial charge on any atom is -0.357 e. The van der Waals surface area contributed by atoms with Crippen molar-refractivity contribution < 1.29 is 0 Å². The number of nitrogens with one attached hydrogen (secondary N) is 2. The highest BCUT2D eigenvalue weighted by Gasteiger charge is 2.27. The van der Waals surface area contributed by atoms with Gasteiger partial charge in [-0.2, -0.15) is 0 Å². The molecule has 0 aromatic heterocycles. The fourth-order valence-electron chi connectivity index (χ4n) is 2.05. The molecule has 1 aliphatic carbocycles. The van der Waals surface area contributed by atoms with Crippen molar-refractivity contribution in [2.24, 2.45) is 4.99 Å². The molecule has 0 aliphatic heterocycles. The lowest BCUT2D eigenvalue weighted by atomic mass is 10.3. The largest absolute Gasteiger partial charge is 0.357 e. The number of nitrogens with zero attached hydrogens (tertiary/aromatic N) is 2. The molecule has 1 rings (SSSR count). The van der Waals surface area contributed by atoms with Gasteiger partial charge in [0.1, 0.15) is 0 Å². The zero-order chi connectivity index (χ0) is 13.2. The van der Waals surface area contributed by atoms with Gasteiger partial charge in [-0.3, -0.25) is 9.89 Å². The first-order valence-corrected chi connectivity index (χ1v) is 7.58. The lowest BCUT2D eigenvalue weighted by Gasteiger charge is -2.20. The van der Waals surface area contributed by atoms with Crippen molar-refractivity contribution in [1.29, 1.82) is 0 Å². The van der Waals surface area contributed by atoms with Crippen LogP contribution in [-0.2, 0) is 0 Å². The van der Waals surface area contributed by atoms with Crippen LogP contribution in [0.5, 0.6) is 0 Å². The van der Waals surface area contributed by atoms with Crippen molar-refractivity contribution in [3.05, 3.63) is 0 Å². The summed E-state index contributed by atoms with van der Waals surface area (Å²) in [5.74, 6) is 0.970. The molecule has 0 atom stereocenters. The summed E-state index contributed by atoms with van der Waals surface area (Å²) in [7, 11) is 0. The second-order valence-electron chi connectivity index (χ2n) is 4.90. The van der Waals surface area contributed by atoms with E-state index >= 15 is 0 Å². The van der Waals surface area contributed by atoms with Crippen LogP contribution in [0.2, 0.25) is 0 Å². The maximum atomic E-state index is 4.56. The molecular formula is C14H30N4. The van der Waals surface area contributed by atoms with Gasteiger partial charge in [0.05, 0.1) is 0 Å². The lowest BCUT2D eigenvalue weighted by Crippen LogP contribution is -2.42. The summed E-state index contributed by atoms with van der Waals surface area (Å²) in [6.45, 7) is 11.7. The monoisotopic (exact) mass is 254 g/mol. The smallest absolute Gasteiger partial charge is 0.191 e. The molecule has 0 heterocycles. The molecule has 0 unspecified atom stereocenters. The molecule has 0 aromatic carbocycles. The molecule has 0 amide bonds. The van der Waals surface area contributed by atoms with E-state index in [0.717, 1.165) is 44.7 Å². The Morgan fingerprint density at radius 1 is 1.22 bits per heavy atom. The van der Waals surface area contributed by atoms with Crippen molar-refractivity contribution in [1.82, 2.24) is 15.5 Å². The number of unbranched alkanes of at least 4 members (excludes halogenated alkanes) is 1. The van der Waals surface area contributed by atoms with E-state index in [0.29, 0.717) is 0 Å². The topological polar surface area (TPSA) is 39.7 Å². The normalized spacial score (nSPS) is 16.1. The fourth-order valence-corrected chi connectivity index (χ4v) is 2.05. The summed E-state index contributed by atoms with van der Waals surface area (Å²) in [6.07, 6.45) is 5.14. The Hall–Kier alpha value is -0.770. The second-order valence-corrected chi connectivity index (χ2v) is 4.90. The van der Waals surface area contributed by atoms with Crippen molar-refractivity contribution in [3.63, 3.8) is 0 Å². The Bertz CT molecular complexity index is 236. The zero-order valence-corrected chi connectivity index (χ0v) is 12.3. The highest BCUT2D eigenvalue weighted by Crippen LogP contribution is 2.25. The summed E-state index contributed by atoms with van der Waals surface area (Å²) in [5.41, 5.74) is 0. The third-order valence-electron chi connectivity index (χ3n) is 3.29. The fraction of sp³-hybridized carbons (Fsp3) is 0.929. The highest BCUT2D eigenvalue weighted by atomic mass is 15.2. The lowest BCUT2D eigenvalue weighted by molar-refractivity contribution is 0.282. The summed E-state index contributed by atoms with van der Waals surface area (Å²) >= 11 is 0. The van der Waals surface area contributed by atoms with Crippen LogP contribution in [0.4, 0.5) is 0 Å². The predicted octanol–water partition coefficient (Wildman–Crippen LogP) is 1.83. The Labute approximate surface area is 112 Å². The summed E-state index contributed by atoms with van der Waals surface area (Å²) in [6, 6.07) is 0.858. The molecular weight excluding hydrogens is 224 g/mol. The molecule has 0 saturated heterocycles. The van der Waals surface area contributed by atoms with E-state index in [2.05, 4.69) is 41.3 Å². The molecule has 0 radical (unpaired) electrons. The van der Waals surface area contributed by atoms with Crippen LogP contribution >= 0.6 is 0 Å². The van der Waals surface area contributed by atoms with Crippen LogP contribution in [0.1, 0.15) is 46.5 Å². The average Bonchev–Trinajstić information content (AvgIpc) is 3.19. The van der Waals surface area contributed by atoms with Crippen molar-refractivity contribution in [2.75, 3.05) is 32.7 Å². The van der Waals surface area contributed by atoms with E-state index in [-0.39, 0.29) is 0 Å². The molecule has 106 valence electrons. The van der Waals surface area contributed by atoms with Crippen LogP contribution < -0.4 is 10.6 Å². The predicted molar refractivity (Wildman–Crippen MR) is 79.2 cm³/mol. The second kappa shape index (κ2) is 9.20. The minimum absolute atomic E-state index is 0.858. The number of likely N-dealkylation sites (N-methyl/N-ethyl adjacent to an activating group) is 1. The van der Waals surface area contributed by atoms with Gasteiger partial charge in [-0.05, 0) is 32.7 Å². The molecule has 1 aliphatic rings. The SMILES string of the molecule is CCCCN=C(NCC)NCCN(CC)C1CC1. The summed E-state index contributed by atoms with van der Waals surface area (Å²) in [4.78, 5) is 7.12. The molecule has 4 heteroatoms. The maximum Gasteiger partial charge on any atom is 0.191 e.